The molecule has 0 rings (SSSR count). The van der Waals surface area contributed by atoms with Crippen LogP contribution in [0.1, 0.15) is 157 Å². The Kier molecular flexibility index (Phi) is 23.9. The van der Waals surface area contributed by atoms with Crippen molar-refractivity contribution >= 4 is 0 Å². The van der Waals surface area contributed by atoms with E-state index in [0.29, 0.717) is 25.7 Å². The van der Waals surface area contributed by atoms with Gasteiger partial charge >= 0.3 is 0 Å². The molecule has 0 aromatic heterocycles. The smallest absolute Gasteiger partial charge is 0.285 e. The summed E-state index contributed by atoms with van der Waals surface area (Å²) < 4.78 is 19.3. The summed E-state index contributed by atoms with van der Waals surface area (Å²) >= 11 is 0. The first-order chi connectivity index (χ1) is 15.7. The van der Waals surface area contributed by atoms with E-state index >= 15 is 0 Å². The van der Waals surface area contributed by atoms with E-state index in [-0.39, 0.29) is 0 Å². The van der Waals surface area contributed by atoms with Gasteiger partial charge in [-0.2, -0.15) is 0 Å². The van der Waals surface area contributed by atoms with Crippen molar-refractivity contribution in [3.8, 4) is 0 Å². The van der Waals surface area contributed by atoms with Crippen LogP contribution in [0.25, 0.3) is 0 Å². The molecule has 3 heteroatoms. The zero-order chi connectivity index (χ0) is 23.8. The molecule has 3 nitrogen and oxygen atoms in total. The summed E-state index contributed by atoms with van der Waals surface area (Å²) in [5.41, 5.74) is 0. The van der Waals surface area contributed by atoms with Crippen LogP contribution in [0.3, 0.4) is 0 Å². The van der Waals surface area contributed by atoms with Crippen LogP contribution >= 0.6 is 0 Å². The Morgan fingerprint density at radius 1 is 0.406 bits per heavy atom. The molecular formula is C29H60O3. The Bertz CT molecular complexity index is 337. The number of rotatable bonds is 26. The molecule has 0 bridgehead atoms. The minimum absolute atomic E-state index is 0.332. The van der Waals surface area contributed by atoms with Gasteiger partial charge < -0.3 is 14.2 Å². The Hall–Kier alpha value is -0.120. The van der Waals surface area contributed by atoms with Gasteiger partial charge in [-0.25, -0.2) is 0 Å². The number of hydrogen-bond donors (Lipinski definition) is 0. The van der Waals surface area contributed by atoms with Crippen LogP contribution in [0.2, 0.25) is 0 Å². The van der Waals surface area contributed by atoms with Gasteiger partial charge in [0, 0.05) is 5.92 Å². The summed E-state index contributed by atoms with van der Waals surface area (Å²) in [4.78, 5) is 0. The molecule has 194 valence electrons. The second-order valence-corrected chi connectivity index (χ2v) is 9.67. The van der Waals surface area contributed by atoms with Gasteiger partial charge in [0.05, 0.1) is 19.8 Å². The molecule has 0 amide bonds. The quantitative estimate of drug-likeness (QED) is 0.0957. The highest BCUT2D eigenvalue weighted by molar-refractivity contribution is 4.74. The van der Waals surface area contributed by atoms with Crippen molar-refractivity contribution in [3.05, 3.63) is 0 Å². The van der Waals surface area contributed by atoms with Crippen LogP contribution in [0.5, 0.6) is 0 Å². The van der Waals surface area contributed by atoms with Gasteiger partial charge in [-0.1, -0.05) is 125 Å². The third-order valence-electron chi connectivity index (χ3n) is 6.33. The van der Waals surface area contributed by atoms with Crippen LogP contribution in [0.15, 0.2) is 0 Å². The number of hydrogen-bond acceptors (Lipinski definition) is 3. The van der Waals surface area contributed by atoms with Crippen molar-refractivity contribution in [2.45, 2.75) is 163 Å². The van der Waals surface area contributed by atoms with Crippen molar-refractivity contribution in [2.75, 3.05) is 19.8 Å². The van der Waals surface area contributed by atoms with Gasteiger partial charge in [0.2, 0.25) is 0 Å². The monoisotopic (exact) mass is 456 g/mol. The average Bonchev–Trinajstić information content (AvgIpc) is 2.81. The SMILES string of the molecule is CCCCCCCCCCC(CCCCCCCC)C(OCCC)(OCCC)OCCC. The maximum atomic E-state index is 6.42. The number of unbranched alkanes of at least 4 members (excludes halogenated alkanes) is 12. The highest BCUT2D eigenvalue weighted by Crippen LogP contribution is 2.35. The summed E-state index contributed by atoms with van der Waals surface area (Å²) in [6.45, 7) is 13.2. The zero-order valence-electron chi connectivity index (χ0n) is 22.9. The minimum Gasteiger partial charge on any atom is -0.327 e. The Morgan fingerprint density at radius 2 is 0.719 bits per heavy atom. The van der Waals surface area contributed by atoms with E-state index in [4.69, 9.17) is 14.2 Å². The highest BCUT2D eigenvalue weighted by Gasteiger charge is 2.41. The molecule has 32 heavy (non-hydrogen) atoms. The lowest BCUT2D eigenvalue weighted by Gasteiger charge is -2.40. The molecule has 1 atom stereocenters. The third-order valence-corrected chi connectivity index (χ3v) is 6.33. The van der Waals surface area contributed by atoms with Crippen molar-refractivity contribution < 1.29 is 14.2 Å². The van der Waals surface area contributed by atoms with Gasteiger partial charge in [0.1, 0.15) is 0 Å². The van der Waals surface area contributed by atoms with E-state index in [9.17, 15) is 0 Å². The molecule has 0 spiro atoms. The van der Waals surface area contributed by atoms with E-state index in [1.807, 2.05) is 0 Å². The van der Waals surface area contributed by atoms with Gasteiger partial charge in [-0.15, -0.1) is 0 Å². The van der Waals surface area contributed by atoms with E-state index in [2.05, 4.69) is 34.6 Å². The fourth-order valence-electron chi connectivity index (χ4n) is 4.41. The third kappa shape index (κ3) is 16.5. The zero-order valence-corrected chi connectivity index (χ0v) is 22.9. The minimum atomic E-state index is -0.841. The largest absolute Gasteiger partial charge is 0.327 e. The Balaban J connectivity index is 4.95. The lowest BCUT2D eigenvalue weighted by Crippen LogP contribution is -2.47. The molecule has 0 saturated carbocycles. The maximum absolute atomic E-state index is 6.42. The lowest BCUT2D eigenvalue weighted by molar-refractivity contribution is -0.406. The van der Waals surface area contributed by atoms with E-state index < -0.39 is 5.97 Å². The second kappa shape index (κ2) is 24.0. The Labute approximate surface area is 202 Å². The summed E-state index contributed by atoms with van der Waals surface area (Å²) in [6.07, 6.45) is 24.1. The van der Waals surface area contributed by atoms with E-state index in [1.54, 1.807) is 0 Å². The maximum Gasteiger partial charge on any atom is 0.285 e. The lowest BCUT2D eigenvalue weighted by atomic mass is 9.91. The predicted octanol–water partition coefficient (Wildman–Crippen LogP) is 9.82. The molecule has 0 aliphatic heterocycles. The molecule has 0 aliphatic rings. The van der Waals surface area contributed by atoms with Crippen molar-refractivity contribution in [1.82, 2.24) is 0 Å². The topological polar surface area (TPSA) is 27.7 Å². The summed E-state index contributed by atoms with van der Waals surface area (Å²) in [5, 5.41) is 0. The molecular weight excluding hydrogens is 396 g/mol. The molecule has 0 aromatic rings. The first-order valence-corrected chi connectivity index (χ1v) is 14.6. The van der Waals surface area contributed by atoms with Gasteiger partial charge in [0.15, 0.2) is 0 Å². The highest BCUT2D eigenvalue weighted by atomic mass is 16.9. The van der Waals surface area contributed by atoms with Crippen LogP contribution in [0.4, 0.5) is 0 Å². The molecule has 0 aliphatic carbocycles. The average molecular weight is 457 g/mol. The second-order valence-electron chi connectivity index (χ2n) is 9.67. The molecule has 1 unspecified atom stereocenters. The van der Waals surface area contributed by atoms with Gasteiger partial charge in [-0.05, 0) is 32.1 Å². The fourth-order valence-corrected chi connectivity index (χ4v) is 4.41. The van der Waals surface area contributed by atoms with Crippen LogP contribution < -0.4 is 0 Å². The molecule has 0 fully saturated rings. The van der Waals surface area contributed by atoms with E-state index in [0.717, 1.165) is 32.1 Å². The van der Waals surface area contributed by atoms with Crippen molar-refractivity contribution in [1.29, 1.82) is 0 Å². The first kappa shape index (κ1) is 31.9. The van der Waals surface area contributed by atoms with Gasteiger partial charge in [0.25, 0.3) is 5.97 Å². The molecule has 0 aromatic carbocycles. The van der Waals surface area contributed by atoms with Crippen LogP contribution in [-0.2, 0) is 14.2 Å². The van der Waals surface area contributed by atoms with Crippen molar-refractivity contribution in [3.63, 3.8) is 0 Å². The Morgan fingerprint density at radius 3 is 1.03 bits per heavy atom. The van der Waals surface area contributed by atoms with Crippen LogP contribution in [-0.4, -0.2) is 25.8 Å². The van der Waals surface area contributed by atoms with E-state index in [1.165, 1.54) is 89.9 Å². The van der Waals surface area contributed by atoms with Crippen LogP contribution in [0, 0.1) is 5.92 Å². The summed E-state index contributed by atoms with van der Waals surface area (Å²) in [7, 11) is 0. The summed E-state index contributed by atoms with van der Waals surface area (Å²) in [5.74, 6) is -0.509. The molecule has 0 heterocycles. The standard InChI is InChI=1S/C29H60O3/c1-6-11-13-15-17-18-20-22-24-28(23-21-19-16-14-12-7-2)29(30-25-8-3,31-26-9-4)32-27-10-5/h28H,6-27H2,1-5H3. The summed E-state index contributed by atoms with van der Waals surface area (Å²) in [6, 6.07) is 0. The predicted molar refractivity (Wildman–Crippen MR) is 140 cm³/mol. The number of ether oxygens (including phenoxy) is 3. The molecule has 0 radical (unpaired) electrons. The molecule has 0 saturated heterocycles. The van der Waals surface area contributed by atoms with Gasteiger partial charge in [-0.3, -0.25) is 0 Å². The fraction of sp³-hybridized carbons (Fsp3) is 1.00. The molecule has 0 N–H and O–H groups in total. The first-order valence-electron chi connectivity index (χ1n) is 14.6. The van der Waals surface area contributed by atoms with Crippen molar-refractivity contribution in [2.24, 2.45) is 5.92 Å². The normalized spacial score (nSPS) is 13.0.